The van der Waals surface area contributed by atoms with E-state index in [1.165, 1.54) is 0 Å². The number of amides is 1. The largest absolute Gasteiger partial charge is 0.389 e. The summed E-state index contributed by atoms with van der Waals surface area (Å²) in [5.74, 6) is -0.0236. The number of hydrogen-bond donors (Lipinski definition) is 2. The van der Waals surface area contributed by atoms with E-state index in [1.54, 1.807) is 6.07 Å². The van der Waals surface area contributed by atoms with Gasteiger partial charge in [-0.2, -0.15) is 0 Å². The first kappa shape index (κ1) is 17.6. The van der Waals surface area contributed by atoms with Crippen molar-refractivity contribution in [3.63, 3.8) is 0 Å². The van der Waals surface area contributed by atoms with E-state index in [-0.39, 0.29) is 11.9 Å². The Hall–Kier alpha value is -1.46. The lowest BCUT2D eigenvalue weighted by Crippen LogP contribution is -2.44. The summed E-state index contributed by atoms with van der Waals surface area (Å²) < 4.78 is 0. The maximum atomic E-state index is 12.4. The van der Waals surface area contributed by atoms with Crippen LogP contribution < -0.4 is 11.1 Å². The van der Waals surface area contributed by atoms with Crippen molar-refractivity contribution in [3.05, 3.63) is 29.8 Å². The molecule has 1 rings (SSSR count). The second kappa shape index (κ2) is 8.10. The van der Waals surface area contributed by atoms with E-state index < -0.39 is 0 Å². The monoisotopic (exact) mass is 307 g/mol. The zero-order valence-electron chi connectivity index (χ0n) is 13.2. The number of nitrogens with one attached hydrogen (secondary N) is 1. The van der Waals surface area contributed by atoms with Crippen molar-refractivity contribution in [1.29, 1.82) is 0 Å². The fourth-order valence-corrected chi connectivity index (χ4v) is 2.49. The topological polar surface area (TPSA) is 58.4 Å². The lowest BCUT2D eigenvalue weighted by molar-refractivity contribution is -0.121. The van der Waals surface area contributed by atoms with Crippen LogP contribution in [0.4, 0.5) is 5.69 Å². The second-order valence-corrected chi connectivity index (χ2v) is 5.69. The molecule has 0 aliphatic carbocycles. The normalized spacial score (nSPS) is 12.5. The standard InChI is InChI=1S/C16H25N3OS/c1-5-14(6-2)19(4)11(3)16(20)18-13-9-7-8-12(10-13)15(17)21/h7-11,14H,5-6H2,1-4H3,(H2,17,21)(H,18,20). The quantitative estimate of drug-likeness (QED) is 0.761. The molecule has 0 heterocycles. The number of carbonyl (C=O) groups excluding carboxylic acids is 1. The van der Waals surface area contributed by atoms with Gasteiger partial charge < -0.3 is 11.1 Å². The summed E-state index contributed by atoms with van der Waals surface area (Å²) in [6.07, 6.45) is 2.06. The minimum absolute atomic E-state index is 0.0236. The summed E-state index contributed by atoms with van der Waals surface area (Å²) >= 11 is 4.95. The summed E-state index contributed by atoms with van der Waals surface area (Å²) in [7, 11) is 1.99. The number of carbonyl (C=O) groups is 1. The molecule has 21 heavy (non-hydrogen) atoms. The van der Waals surface area contributed by atoms with Crippen LogP contribution in [0.3, 0.4) is 0 Å². The van der Waals surface area contributed by atoms with Gasteiger partial charge >= 0.3 is 0 Å². The van der Waals surface area contributed by atoms with Gasteiger partial charge in [0, 0.05) is 17.3 Å². The number of nitrogens with zero attached hydrogens (tertiary/aromatic N) is 1. The number of hydrogen-bond acceptors (Lipinski definition) is 3. The van der Waals surface area contributed by atoms with Gasteiger partial charge in [-0.15, -0.1) is 0 Å². The van der Waals surface area contributed by atoms with Gasteiger partial charge in [0.2, 0.25) is 5.91 Å². The highest BCUT2D eigenvalue weighted by Gasteiger charge is 2.22. The van der Waals surface area contributed by atoms with Gasteiger partial charge in [-0.25, -0.2) is 0 Å². The smallest absolute Gasteiger partial charge is 0.241 e. The highest BCUT2D eigenvalue weighted by Crippen LogP contribution is 2.14. The number of likely N-dealkylation sites (N-methyl/N-ethyl adjacent to an activating group) is 1. The molecule has 4 nitrogen and oxygen atoms in total. The van der Waals surface area contributed by atoms with Crippen LogP contribution >= 0.6 is 12.2 Å². The minimum atomic E-state index is -0.191. The molecule has 0 radical (unpaired) electrons. The Bertz CT molecular complexity index is 500. The van der Waals surface area contributed by atoms with E-state index in [0.717, 1.165) is 24.1 Å². The third-order valence-electron chi connectivity index (χ3n) is 3.92. The highest BCUT2D eigenvalue weighted by molar-refractivity contribution is 7.80. The van der Waals surface area contributed by atoms with Crippen LogP contribution in [0.15, 0.2) is 24.3 Å². The van der Waals surface area contributed by atoms with Crippen LogP contribution in [0, 0.1) is 0 Å². The number of nitrogens with two attached hydrogens (primary N) is 1. The predicted octanol–water partition coefficient (Wildman–Crippen LogP) is 2.77. The molecule has 1 atom stereocenters. The fourth-order valence-electron chi connectivity index (χ4n) is 2.36. The molecule has 1 unspecified atom stereocenters. The van der Waals surface area contributed by atoms with Gasteiger partial charge in [0.1, 0.15) is 4.99 Å². The van der Waals surface area contributed by atoms with Gasteiger partial charge in [0.15, 0.2) is 0 Å². The first-order valence-electron chi connectivity index (χ1n) is 7.33. The summed E-state index contributed by atoms with van der Waals surface area (Å²) in [5.41, 5.74) is 7.08. The molecule has 116 valence electrons. The molecule has 0 saturated carbocycles. The van der Waals surface area contributed by atoms with Crippen LogP contribution in [0.25, 0.3) is 0 Å². The zero-order valence-corrected chi connectivity index (χ0v) is 14.0. The molecule has 0 saturated heterocycles. The fraction of sp³-hybridized carbons (Fsp3) is 0.500. The van der Waals surface area contributed by atoms with Crippen LogP contribution in [0.5, 0.6) is 0 Å². The van der Waals surface area contributed by atoms with Gasteiger partial charge in [0.05, 0.1) is 6.04 Å². The van der Waals surface area contributed by atoms with Crippen LogP contribution in [-0.2, 0) is 4.79 Å². The van der Waals surface area contributed by atoms with Gasteiger partial charge in [-0.05, 0) is 38.9 Å². The van der Waals surface area contributed by atoms with E-state index in [1.807, 2.05) is 32.2 Å². The lowest BCUT2D eigenvalue weighted by atomic mass is 10.1. The van der Waals surface area contributed by atoms with Crippen molar-refractivity contribution in [1.82, 2.24) is 4.90 Å². The zero-order chi connectivity index (χ0) is 16.0. The summed E-state index contributed by atoms with van der Waals surface area (Å²) in [4.78, 5) is 14.8. The average molecular weight is 307 g/mol. The first-order valence-corrected chi connectivity index (χ1v) is 7.74. The Morgan fingerprint density at radius 3 is 2.52 bits per heavy atom. The molecule has 1 aromatic rings. The summed E-state index contributed by atoms with van der Waals surface area (Å²) in [6.45, 7) is 6.20. The number of thiocarbonyl (C=S) groups is 1. The summed E-state index contributed by atoms with van der Waals surface area (Å²) in [5, 5.41) is 2.93. The molecular weight excluding hydrogens is 282 g/mol. The maximum Gasteiger partial charge on any atom is 0.241 e. The Labute approximate surface area is 132 Å². The van der Waals surface area contributed by atoms with E-state index in [2.05, 4.69) is 24.1 Å². The number of benzene rings is 1. The SMILES string of the molecule is CCC(CC)N(C)C(C)C(=O)Nc1cccc(C(N)=S)c1. The van der Waals surface area contributed by atoms with Crippen molar-refractivity contribution in [2.45, 2.75) is 45.7 Å². The molecule has 0 aromatic heterocycles. The molecule has 0 fully saturated rings. The lowest BCUT2D eigenvalue weighted by Gasteiger charge is -2.31. The maximum absolute atomic E-state index is 12.4. The molecular formula is C16H25N3OS. The molecule has 0 aliphatic heterocycles. The van der Waals surface area contributed by atoms with Gasteiger partial charge in [-0.1, -0.05) is 38.2 Å². The Balaban J connectivity index is 2.76. The van der Waals surface area contributed by atoms with Crippen LogP contribution in [0.1, 0.15) is 39.2 Å². The first-order chi connectivity index (χ1) is 9.90. The van der Waals surface area contributed by atoms with Crippen molar-refractivity contribution >= 4 is 28.8 Å². The van der Waals surface area contributed by atoms with Crippen molar-refractivity contribution < 1.29 is 4.79 Å². The third kappa shape index (κ3) is 4.79. The van der Waals surface area contributed by atoms with E-state index >= 15 is 0 Å². The minimum Gasteiger partial charge on any atom is -0.389 e. The Kier molecular flexibility index (Phi) is 6.78. The number of rotatable bonds is 7. The highest BCUT2D eigenvalue weighted by atomic mass is 32.1. The Morgan fingerprint density at radius 1 is 1.38 bits per heavy atom. The van der Waals surface area contributed by atoms with Crippen LogP contribution in [-0.4, -0.2) is 34.9 Å². The van der Waals surface area contributed by atoms with E-state index in [0.29, 0.717) is 11.0 Å². The number of anilines is 1. The van der Waals surface area contributed by atoms with Gasteiger partial charge in [-0.3, -0.25) is 9.69 Å². The van der Waals surface area contributed by atoms with Crippen molar-refractivity contribution in [2.24, 2.45) is 5.73 Å². The van der Waals surface area contributed by atoms with Crippen molar-refractivity contribution in [2.75, 3.05) is 12.4 Å². The molecule has 3 N–H and O–H groups in total. The molecule has 1 amide bonds. The van der Waals surface area contributed by atoms with E-state index in [9.17, 15) is 4.79 Å². The second-order valence-electron chi connectivity index (χ2n) is 5.25. The average Bonchev–Trinajstić information content (AvgIpc) is 2.47. The predicted molar refractivity (Wildman–Crippen MR) is 92.6 cm³/mol. The molecule has 0 bridgehead atoms. The molecule has 5 heteroatoms. The van der Waals surface area contributed by atoms with E-state index in [4.69, 9.17) is 18.0 Å². The van der Waals surface area contributed by atoms with Gasteiger partial charge in [0.25, 0.3) is 0 Å². The molecule has 0 aliphatic rings. The molecule has 0 spiro atoms. The van der Waals surface area contributed by atoms with Crippen molar-refractivity contribution in [3.8, 4) is 0 Å². The summed E-state index contributed by atoms with van der Waals surface area (Å²) in [6, 6.07) is 7.52. The van der Waals surface area contributed by atoms with Crippen LogP contribution in [0.2, 0.25) is 0 Å². The third-order valence-corrected chi connectivity index (χ3v) is 4.16. The Morgan fingerprint density at radius 2 is 2.00 bits per heavy atom. The molecule has 1 aromatic carbocycles.